The van der Waals surface area contributed by atoms with Gasteiger partial charge in [0.15, 0.2) is 0 Å². The van der Waals surface area contributed by atoms with E-state index in [4.69, 9.17) is 4.74 Å². The molecular weight excluding hydrogens is 240 g/mol. The summed E-state index contributed by atoms with van der Waals surface area (Å²) in [6.45, 7) is 11.2. The maximum Gasteiger partial charge on any atom is 0.312 e. The SMILES string of the molecule is CCCCCCCC(C)(O)C(C)C(=O)OC(C)(C)C. The van der Waals surface area contributed by atoms with Crippen LogP contribution in [-0.4, -0.2) is 22.3 Å². The van der Waals surface area contributed by atoms with Crippen LogP contribution >= 0.6 is 0 Å². The van der Waals surface area contributed by atoms with Crippen LogP contribution in [0.15, 0.2) is 0 Å². The molecule has 0 aliphatic carbocycles. The minimum atomic E-state index is -0.978. The summed E-state index contributed by atoms with van der Waals surface area (Å²) in [6, 6.07) is 0. The number of ether oxygens (including phenoxy) is 1. The standard InChI is InChI=1S/C16H32O3/c1-7-8-9-10-11-12-16(6,18)13(2)14(17)19-15(3,4)5/h13,18H,7-12H2,1-6H3. The van der Waals surface area contributed by atoms with Gasteiger partial charge >= 0.3 is 5.97 Å². The summed E-state index contributed by atoms with van der Waals surface area (Å²) in [4.78, 5) is 12.0. The second kappa shape index (κ2) is 7.88. The normalized spacial score (nSPS) is 16.8. The van der Waals surface area contributed by atoms with Gasteiger partial charge in [-0.15, -0.1) is 0 Å². The van der Waals surface area contributed by atoms with Crippen molar-refractivity contribution in [3.63, 3.8) is 0 Å². The summed E-state index contributed by atoms with van der Waals surface area (Å²) < 4.78 is 5.33. The van der Waals surface area contributed by atoms with Crippen molar-refractivity contribution in [3.05, 3.63) is 0 Å². The highest BCUT2D eigenvalue weighted by Gasteiger charge is 2.35. The minimum absolute atomic E-state index is 0.314. The fourth-order valence-electron chi connectivity index (χ4n) is 1.95. The predicted molar refractivity (Wildman–Crippen MR) is 79.0 cm³/mol. The van der Waals surface area contributed by atoms with Crippen molar-refractivity contribution in [2.45, 2.75) is 91.3 Å². The lowest BCUT2D eigenvalue weighted by Crippen LogP contribution is -2.41. The quantitative estimate of drug-likeness (QED) is 0.535. The van der Waals surface area contributed by atoms with Crippen LogP contribution in [0.1, 0.15) is 80.1 Å². The fraction of sp³-hybridized carbons (Fsp3) is 0.938. The van der Waals surface area contributed by atoms with E-state index in [0.29, 0.717) is 6.42 Å². The molecule has 3 heteroatoms. The van der Waals surface area contributed by atoms with E-state index in [2.05, 4.69) is 6.92 Å². The molecule has 1 N–H and O–H groups in total. The summed E-state index contributed by atoms with van der Waals surface area (Å²) in [5.41, 5.74) is -1.48. The van der Waals surface area contributed by atoms with E-state index in [0.717, 1.165) is 12.8 Å². The van der Waals surface area contributed by atoms with Gasteiger partial charge in [0.05, 0.1) is 11.5 Å². The molecule has 0 aromatic rings. The molecule has 2 unspecified atom stereocenters. The number of unbranched alkanes of at least 4 members (excludes halogenated alkanes) is 4. The number of rotatable bonds is 8. The molecule has 0 radical (unpaired) electrons. The Morgan fingerprint density at radius 3 is 2.11 bits per heavy atom. The summed E-state index contributed by atoms with van der Waals surface area (Å²) >= 11 is 0. The zero-order chi connectivity index (χ0) is 15.1. The van der Waals surface area contributed by atoms with Gasteiger partial charge in [-0.3, -0.25) is 4.79 Å². The van der Waals surface area contributed by atoms with E-state index in [-0.39, 0.29) is 5.97 Å². The second-order valence-electron chi connectivity index (χ2n) is 6.78. The molecule has 0 bridgehead atoms. The molecule has 0 heterocycles. The minimum Gasteiger partial charge on any atom is -0.460 e. The van der Waals surface area contributed by atoms with Gasteiger partial charge in [-0.05, 0) is 41.0 Å². The van der Waals surface area contributed by atoms with Crippen LogP contribution in [0.3, 0.4) is 0 Å². The van der Waals surface area contributed by atoms with Crippen molar-refractivity contribution in [3.8, 4) is 0 Å². The first kappa shape index (κ1) is 18.4. The average molecular weight is 272 g/mol. The van der Waals surface area contributed by atoms with Crippen LogP contribution in [0, 0.1) is 5.92 Å². The van der Waals surface area contributed by atoms with Crippen LogP contribution in [0.2, 0.25) is 0 Å². The van der Waals surface area contributed by atoms with E-state index in [1.54, 1.807) is 13.8 Å². The second-order valence-corrected chi connectivity index (χ2v) is 6.78. The lowest BCUT2D eigenvalue weighted by molar-refractivity contribution is -0.168. The first-order valence-corrected chi connectivity index (χ1v) is 7.55. The molecule has 0 aromatic heterocycles. The van der Waals surface area contributed by atoms with E-state index in [9.17, 15) is 9.90 Å². The van der Waals surface area contributed by atoms with Crippen molar-refractivity contribution in [2.24, 2.45) is 5.92 Å². The Hall–Kier alpha value is -0.570. The molecule has 0 aliphatic heterocycles. The van der Waals surface area contributed by atoms with Gasteiger partial charge in [0.2, 0.25) is 0 Å². The average Bonchev–Trinajstić information content (AvgIpc) is 2.25. The van der Waals surface area contributed by atoms with Crippen LogP contribution in [0.5, 0.6) is 0 Å². The summed E-state index contributed by atoms with van der Waals surface area (Å²) in [6.07, 6.45) is 6.38. The predicted octanol–water partition coefficient (Wildman–Crippen LogP) is 4.08. The first-order valence-electron chi connectivity index (χ1n) is 7.55. The first-order chi connectivity index (χ1) is 8.60. The molecule has 114 valence electrons. The van der Waals surface area contributed by atoms with Gasteiger partial charge in [0.1, 0.15) is 5.60 Å². The number of hydrogen-bond acceptors (Lipinski definition) is 3. The van der Waals surface area contributed by atoms with Crippen LogP contribution in [0.4, 0.5) is 0 Å². The molecule has 19 heavy (non-hydrogen) atoms. The highest BCUT2D eigenvalue weighted by molar-refractivity contribution is 5.73. The zero-order valence-corrected chi connectivity index (χ0v) is 13.6. The van der Waals surface area contributed by atoms with Crippen LogP contribution in [0.25, 0.3) is 0 Å². The van der Waals surface area contributed by atoms with E-state index in [1.165, 1.54) is 19.3 Å². The molecule has 2 atom stereocenters. The topological polar surface area (TPSA) is 46.5 Å². The Labute approximate surface area is 118 Å². The number of carbonyl (C=O) groups is 1. The van der Waals surface area contributed by atoms with Crippen molar-refractivity contribution in [2.75, 3.05) is 0 Å². The molecule has 0 spiro atoms. The molecule has 0 aliphatic rings. The molecule has 0 rings (SSSR count). The fourth-order valence-corrected chi connectivity index (χ4v) is 1.95. The lowest BCUT2D eigenvalue weighted by atomic mass is 9.85. The van der Waals surface area contributed by atoms with Gasteiger partial charge in [0, 0.05) is 0 Å². The van der Waals surface area contributed by atoms with Crippen LogP contribution in [-0.2, 0) is 9.53 Å². The Morgan fingerprint density at radius 1 is 1.11 bits per heavy atom. The molecule has 0 fully saturated rings. The van der Waals surface area contributed by atoms with E-state index < -0.39 is 17.1 Å². The van der Waals surface area contributed by atoms with Gasteiger partial charge in [-0.25, -0.2) is 0 Å². The van der Waals surface area contributed by atoms with Crippen molar-refractivity contribution in [1.29, 1.82) is 0 Å². The summed E-state index contributed by atoms with van der Waals surface area (Å²) in [5, 5.41) is 10.4. The van der Waals surface area contributed by atoms with E-state index in [1.807, 2.05) is 20.8 Å². The van der Waals surface area contributed by atoms with E-state index >= 15 is 0 Å². The molecule has 3 nitrogen and oxygen atoms in total. The Bertz CT molecular complexity index is 264. The molecular formula is C16H32O3. The third-order valence-corrected chi connectivity index (χ3v) is 3.48. The Balaban J connectivity index is 4.19. The lowest BCUT2D eigenvalue weighted by Gasteiger charge is -2.31. The molecule has 0 amide bonds. The molecule has 0 saturated heterocycles. The third-order valence-electron chi connectivity index (χ3n) is 3.48. The van der Waals surface area contributed by atoms with Crippen molar-refractivity contribution >= 4 is 5.97 Å². The number of carbonyl (C=O) groups excluding carboxylic acids is 1. The monoisotopic (exact) mass is 272 g/mol. The van der Waals surface area contributed by atoms with Crippen molar-refractivity contribution < 1.29 is 14.6 Å². The van der Waals surface area contributed by atoms with Crippen molar-refractivity contribution in [1.82, 2.24) is 0 Å². The van der Waals surface area contributed by atoms with Gasteiger partial charge in [-0.1, -0.05) is 39.0 Å². The summed E-state index contributed by atoms with van der Waals surface area (Å²) in [7, 11) is 0. The Morgan fingerprint density at radius 2 is 1.63 bits per heavy atom. The zero-order valence-electron chi connectivity index (χ0n) is 13.6. The summed E-state index contributed by atoms with van der Waals surface area (Å²) in [5.74, 6) is -0.802. The highest BCUT2D eigenvalue weighted by Crippen LogP contribution is 2.26. The maximum atomic E-state index is 12.0. The highest BCUT2D eigenvalue weighted by atomic mass is 16.6. The van der Waals surface area contributed by atoms with Gasteiger partial charge in [0.25, 0.3) is 0 Å². The largest absolute Gasteiger partial charge is 0.460 e. The number of hydrogen-bond donors (Lipinski definition) is 1. The maximum absolute atomic E-state index is 12.0. The van der Waals surface area contributed by atoms with Gasteiger partial charge in [-0.2, -0.15) is 0 Å². The number of aliphatic hydroxyl groups is 1. The molecule has 0 saturated carbocycles. The third kappa shape index (κ3) is 8.25. The Kier molecular flexibility index (Phi) is 7.65. The molecule has 0 aromatic carbocycles. The smallest absolute Gasteiger partial charge is 0.312 e. The van der Waals surface area contributed by atoms with Gasteiger partial charge < -0.3 is 9.84 Å². The number of esters is 1. The van der Waals surface area contributed by atoms with Crippen LogP contribution < -0.4 is 0 Å².